The molecule has 0 aliphatic rings. The summed E-state index contributed by atoms with van der Waals surface area (Å²) in [7, 11) is 0. The average Bonchev–Trinajstić information content (AvgIpc) is 2.88. The number of benzene rings is 2. The summed E-state index contributed by atoms with van der Waals surface area (Å²) in [5.74, 6) is -0.142. The Morgan fingerprint density at radius 1 is 1.26 bits per heavy atom. The Morgan fingerprint density at radius 3 is 2.78 bits per heavy atom. The van der Waals surface area contributed by atoms with Gasteiger partial charge in [0.05, 0.1) is 15.8 Å². The third kappa shape index (κ3) is 3.04. The highest BCUT2D eigenvalue weighted by Gasteiger charge is 2.12. The first-order valence-corrected chi connectivity index (χ1v) is 9.26. The minimum absolute atomic E-state index is 0.0266. The zero-order valence-corrected chi connectivity index (χ0v) is 14.5. The third-order valence-corrected chi connectivity index (χ3v) is 5.33. The molecule has 118 valence electrons. The summed E-state index contributed by atoms with van der Waals surface area (Å²) in [4.78, 5) is 25.3. The van der Waals surface area contributed by atoms with Gasteiger partial charge in [0.1, 0.15) is 0 Å². The molecular weight excluding hydrogens is 328 g/mol. The van der Waals surface area contributed by atoms with Crippen molar-refractivity contribution in [2.75, 3.05) is 11.6 Å². The summed E-state index contributed by atoms with van der Waals surface area (Å²) in [6, 6.07) is 13.1. The van der Waals surface area contributed by atoms with Gasteiger partial charge < -0.3 is 5.32 Å². The lowest BCUT2D eigenvalue weighted by Crippen LogP contribution is -2.13. The molecule has 0 aliphatic carbocycles. The van der Waals surface area contributed by atoms with Crippen LogP contribution in [0.5, 0.6) is 0 Å². The molecule has 0 aliphatic heterocycles. The normalized spacial score (nSPS) is 10.9. The van der Waals surface area contributed by atoms with E-state index in [1.54, 1.807) is 16.3 Å². The van der Waals surface area contributed by atoms with Crippen LogP contribution in [0.3, 0.4) is 0 Å². The first-order valence-electron chi connectivity index (χ1n) is 7.21. The van der Waals surface area contributed by atoms with Gasteiger partial charge in [0.2, 0.25) is 0 Å². The van der Waals surface area contributed by atoms with E-state index < -0.39 is 0 Å². The molecule has 23 heavy (non-hydrogen) atoms. The predicted molar refractivity (Wildman–Crippen MR) is 97.9 cm³/mol. The Labute approximate surface area is 142 Å². The lowest BCUT2D eigenvalue weighted by molar-refractivity contribution is 0.102. The van der Waals surface area contributed by atoms with E-state index in [0.717, 1.165) is 15.1 Å². The van der Waals surface area contributed by atoms with Crippen molar-refractivity contribution in [3.63, 3.8) is 0 Å². The van der Waals surface area contributed by atoms with Crippen LogP contribution >= 0.6 is 23.1 Å². The molecule has 1 amide bonds. The average molecular weight is 344 g/mol. The fourth-order valence-electron chi connectivity index (χ4n) is 2.47. The molecule has 0 saturated heterocycles. The van der Waals surface area contributed by atoms with Gasteiger partial charge in [-0.25, -0.2) is 0 Å². The Hall–Kier alpha value is -2.05. The van der Waals surface area contributed by atoms with Crippen molar-refractivity contribution >= 4 is 44.9 Å². The van der Waals surface area contributed by atoms with Crippen LogP contribution in [0.15, 0.2) is 52.2 Å². The van der Waals surface area contributed by atoms with Gasteiger partial charge in [-0.2, -0.15) is 0 Å². The smallest absolute Gasteiger partial charge is 0.308 e. The van der Waals surface area contributed by atoms with Gasteiger partial charge in [-0.3, -0.25) is 14.2 Å². The lowest BCUT2D eigenvalue weighted by Gasteiger charge is -2.09. The molecule has 0 bridgehead atoms. The quantitative estimate of drug-likeness (QED) is 0.726. The molecule has 3 rings (SSSR count). The number of anilines is 1. The van der Waals surface area contributed by atoms with Gasteiger partial charge in [-0.1, -0.05) is 23.5 Å². The summed E-state index contributed by atoms with van der Waals surface area (Å²) in [6.45, 7) is 2.59. The zero-order valence-electron chi connectivity index (χ0n) is 12.8. The van der Waals surface area contributed by atoms with Crippen molar-refractivity contribution in [1.82, 2.24) is 4.57 Å². The van der Waals surface area contributed by atoms with Crippen molar-refractivity contribution in [3.05, 3.63) is 57.7 Å². The fraction of sp³-hybridized carbons (Fsp3) is 0.176. The highest BCUT2D eigenvalue weighted by molar-refractivity contribution is 7.98. The maximum Gasteiger partial charge on any atom is 0.308 e. The molecule has 4 nitrogen and oxygen atoms in total. The largest absolute Gasteiger partial charge is 0.322 e. The van der Waals surface area contributed by atoms with E-state index in [-0.39, 0.29) is 10.8 Å². The zero-order chi connectivity index (χ0) is 16.4. The molecule has 3 aromatic rings. The SMILES string of the molecule is CCn1c(=O)sc2cc(NC(=O)c3ccccc3SC)ccc21. The molecule has 0 spiro atoms. The number of fused-ring (bicyclic) bond motifs is 1. The summed E-state index contributed by atoms with van der Waals surface area (Å²) >= 11 is 2.74. The van der Waals surface area contributed by atoms with Crippen molar-refractivity contribution in [3.8, 4) is 0 Å². The molecule has 0 radical (unpaired) electrons. The van der Waals surface area contributed by atoms with Crippen LogP contribution in [0.25, 0.3) is 10.2 Å². The van der Waals surface area contributed by atoms with E-state index in [4.69, 9.17) is 0 Å². The molecule has 2 aromatic carbocycles. The van der Waals surface area contributed by atoms with E-state index in [1.165, 1.54) is 11.3 Å². The Balaban J connectivity index is 1.92. The second kappa shape index (κ2) is 6.60. The van der Waals surface area contributed by atoms with Crippen LogP contribution < -0.4 is 10.2 Å². The van der Waals surface area contributed by atoms with Gasteiger partial charge >= 0.3 is 4.87 Å². The second-order valence-electron chi connectivity index (χ2n) is 4.95. The van der Waals surface area contributed by atoms with Gasteiger partial charge in [-0.15, -0.1) is 11.8 Å². The van der Waals surface area contributed by atoms with Crippen molar-refractivity contribution in [2.24, 2.45) is 0 Å². The van der Waals surface area contributed by atoms with E-state index in [1.807, 2.05) is 55.6 Å². The van der Waals surface area contributed by atoms with Gasteiger partial charge in [-0.05, 0) is 43.5 Å². The van der Waals surface area contributed by atoms with Crippen LogP contribution in [0.1, 0.15) is 17.3 Å². The van der Waals surface area contributed by atoms with Gasteiger partial charge in [0, 0.05) is 17.1 Å². The molecular formula is C17H16N2O2S2. The first-order chi connectivity index (χ1) is 11.1. The van der Waals surface area contributed by atoms with Crippen molar-refractivity contribution in [2.45, 2.75) is 18.4 Å². The molecule has 1 N–H and O–H groups in total. The molecule has 6 heteroatoms. The summed E-state index contributed by atoms with van der Waals surface area (Å²) in [5.41, 5.74) is 2.26. The van der Waals surface area contributed by atoms with Crippen LogP contribution in [0, 0.1) is 0 Å². The number of aryl methyl sites for hydroxylation is 1. The topological polar surface area (TPSA) is 51.1 Å². The Kier molecular flexibility index (Phi) is 4.54. The monoisotopic (exact) mass is 344 g/mol. The van der Waals surface area contributed by atoms with Crippen LogP contribution in [0.2, 0.25) is 0 Å². The summed E-state index contributed by atoms with van der Waals surface area (Å²) in [5, 5.41) is 2.91. The van der Waals surface area contributed by atoms with Crippen molar-refractivity contribution in [1.29, 1.82) is 0 Å². The van der Waals surface area contributed by atoms with E-state index >= 15 is 0 Å². The minimum atomic E-state index is -0.142. The fourth-order valence-corrected chi connectivity index (χ4v) is 4.06. The maximum absolute atomic E-state index is 12.5. The first kappa shape index (κ1) is 15.8. The summed E-state index contributed by atoms with van der Waals surface area (Å²) in [6.07, 6.45) is 1.95. The van der Waals surface area contributed by atoms with Crippen LogP contribution in [-0.2, 0) is 6.54 Å². The Bertz CT molecular complexity index is 928. The minimum Gasteiger partial charge on any atom is -0.322 e. The van der Waals surface area contributed by atoms with Crippen molar-refractivity contribution < 1.29 is 4.79 Å². The molecule has 0 atom stereocenters. The number of hydrogen-bond donors (Lipinski definition) is 1. The van der Waals surface area contributed by atoms with E-state index in [0.29, 0.717) is 17.8 Å². The number of carbonyl (C=O) groups excluding carboxylic acids is 1. The molecule has 1 heterocycles. The van der Waals surface area contributed by atoms with Gasteiger partial charge in [0.25, 0.3) is 5.91 Å². The lowest BCUT2D eigenvalue weighted by atomic mass is 10.2. The molecule has 0 fully saturated rings. The molecule has 0 unspecified atom stereocenters. The highest BCUT2D eigenvalue weighted by Crippen LogP contribution is 2.24. The number of thioether (sulfide) groups is 1. The summed E-state index contributed by atoms with van der Waals surface area (Å²) < 4.78 is 2.61. The number of nitrogens with zero attached hydrogens (tertiary/aromatic N) is 1. The number of rotatable bonds is 4. The van der Waals surface area contributed by atoms with Crippen LogP contribution in [-0.4, -0.2) is 16.7 Å². The number of aromatic nitrogens is 1. The number of amides is 1. The number of hydrogen-bond acceptors (Lipinski definition) is 4. The van der Waals surface area contributed by atoms with E-state index in [9.17, 15) is 9.59 Å². The van der Waals surface area contributed by atoms with E-state index in [2.05, 4.69) is 5.32 Å². The standard InChI is InChI=1S/C17H16N2O2S2/c1-3-19-13-9-8-11(10-15(13)23-17(19)21)18-16(20)12-6-4-5-7-14(12)22-2/h4-10H,3H2,1-2H3,(H,18,20). The Morgan fingerprint density at radius 2 is 2.04 bits per heavy atom. The van der Waals surface area contributed by atoms with Gasteiger partial charge in [0.15, 0.2) is 0 Å². The van der Waals surface area contributed by atoms with Crippen LogP contribution in [0.4, 0.5) is 5.69 Å². The predicted octanol–water partition coefficient (Wildman–Crippen LogP) is 4.06. The molecule has 0 saturated carbocycles. The number of thiazole rings is 1. The highest BCUT2D eigenvalue weighted by atomic mass is 32.2. The maximum atomic E-state index is 12.5. The second-order valence-corrected chi connectivity index (χ2v) is 6.79. The number of carbonyl (C=O) groups is 1. The number of nitrogens with one attached hydrogen (secondary N) is 1. The molecule has 1 aromatic heterocycles. The third-order valence-electron chi connectivity index (χ3n) is 3.59.